The van der Waals surface area contributed by atoms with Crippen LogP contribution < -0.4 is 0 Å². The van der Waals surface area contributed by atoms with Crippen molar-refractivity contribution >= 4 is 10.0 Å². The van der Waals surface area contributed by atoms with Crippen LogP contribution in [-0.4, -0.2) is 24.5 Å². The monoisotopic (exact) mass is 314 g/mol. The summed E-state index contributed by atoms with van der Waals surface area (Å²) in [7, 11) is -3.77. The molecule has 1 aromatic rings. The third-order valence-corrected chi connectivity index (χ3v) is 5.98. The van der Waals surface area contributed by atoms with Crippen molar-refractivity contribution in [2.45, 2.75) is 37.5 Å². The molecule has 0 radical (unpaired) electrons. The summed E-state index contributed by atoms with van der Waals surface area (Å²) in [5, 5.41) is 7.89. The fourth-order valence-corrected chi connectivity index (χ4v) is 4.48. The number of hydrogen-bond acceptors (Lipinski definition) is 3. The molecule has 1 heterocycles. The van der Waals surface area contributed by atoms with E-state index in [-0.39, 0.29) is 6.42 Å². The van der Waals surface area contributed by atoms with Gasteiger partial charge in [0.05, 0.1) is 6.07 Å². The van der Waals surface area contributed by atoms with E-state index in [2.05, 4.69) is 0 Å². The highest BCUT2D eigenvalue weighted by atomic mass is 32.2. The molecule has 1 aliphatic rings. The van der Waals surface area contributed by atoms with Crippen molar-refractivity contribution in [3.63, 3.8) is 0 Å². The summed E-state index contributed by atoms with van der Waals surface area (Å²) in [6.45, 7) is 1.93. The molecule has 2 atom stereocenters. The quantitative estimate of drug-likeness (QED) is 0.858. The summed E-state index contributed by atoms with van der Waals surface area (Å²) < 4.78 is 52.5. The maximum atomic E-state index is 13.4. The van der Waals surface area contributed by atoms with Crippen molar-refractivity contribution in [1.82, 2.24) is 4.31 Å². The normalized spacial score (nSPS) is 21.1. The Morgan fingerprint density at radius 1 is 1.43 bits per heavy atom. The standard InChI is InChI=1S/C14H16F2N2O2S/c1-2-11(9-17)21(19,20)18-7-3-4-14(18)10-5-6-12(15)13(16)8-10/h5-6,8,11,14H,2-4,7H2,1H3/t11-,14+/m1/s1. The SMILES string of the molecule is CC[C@H](C#N)S(=O)(=O)N1CCC[C@H]1c1ccc(F)c(F)c1. The average molecular weight is 314 g/mol. The highest BCUT2D eigenvalue weighted by molar-refractivity contribution is 7.90. The molecule has 1 aromatic carbocycles. The fraction of sp³-hybridized carbons (Fsp3) is 0.500. The van der Waals surface area contributed by atoms with Gasteiger partial charge in [-0.3, -0.25) is 0 Å². The number of nitrogens with zero attached hydrogens (tertiary/aromatic N) is 2. The number of rotatable bonds is 4. The van der Waals surface area contributed by atoms with Gasteiger partial charge in [-0.15, -0.1) is 0 Å². The second-order valence-electron chi connectivity index (χ2n) is 5.01. The lowest BCUT2D eigenvalue weighted by molar-refractivity contribution is 0.390. The van der Waals surface area contributed by atoms with E-state index in [0.717, 1.165) is 12.1 Å². The van der Waals surface area contributed by atoms with Gasteiger partial charge in [0, 0.05) is 12.6 Å². The first-order valence-electron chi connectivity index (χ1n) is 6.77. The lowest BCUT2D eigenvalue weighted by atomic mass is 10.1. The van der Waals surface area contributed by atoms with Gasteiger partial charge in [0.25, 0.3) is 0 Å². The van der Waals surface area contributed by atoms with E-state index in [1.165, 1.54) is 10.4 Å². The minimum Gasteiger partial charge on any atom is -0.211 e. The predicted octanol–water partition coefficient (Wildman–Crippen LogP) is 2.73. The molecule has 0 aliphatic carbocycles. The van der Waals surface area contributed by atoms with Gasteiger partial charge in [0.15, 0.2) is 16.9 Å². The Bertz CT molecular complexity index is 670. The smallest absolute Gasteiger partial charge is 0.211 e. The van der Waals surface area contributed by atoms with Gasteiger partial charge in [-0.2, -0.15) is 9.57 Å². The van der Waals surface area contributed by atoms with Crippen molar-refractivity contribution in [2.75, 3.05) is 6.54 Å². The van der Waals surface area contributed by atoms with E-state index < -0.39 is 32.9 Å². The Morgan fingerprint density at radius 2 is 2.14 bits per heavy atom. The van der Waals surface area contributed by atoms with Crippen LogP contribution in [0.1, 0.15) is 37.8 Å². The molecular formula is C14H16F2N2O2S. The fourth-order valence-electron chi connectivity index (χ4n) is 2.63. The van der Waals surface area contributed by atoms with Crippen LogP contribution in [0, 0.1) is 23.0 Å². The van der Waals surface area contributed by atoms with Crippen LogP contribution in [0.5, 0.6) is 0 Å². The Labute approximate surface area is 123 Å². The lowest BCUT2D eigenvalue weighted by Crippen LogP contribution is -2.37. The van der Waals surface area contributed by atoms with Crippen LogP contribution >= 0.6 is 0 Å². The third-order valence-electron chi connectivity index (χ3n) is 3.73. The molecule has 114 valence electrons. The maximum absolute atomic E-state index is 13.4. The van der Waals surface area contributed by atoms with Gasteiger partial charge in [-0.25, -0.2) is 17.2 Å². The van der Waals surface area contributed by atoms with E-state index in [4.69, 9.17) is 5.26 Å². The summed E-state index contributed by atoms with van der Waals surface area (Å²) in [5.41, 5.74) is 0.419. The van der Waals surface area contributed by atoms with Crippen LogP contribution in [0.2, 0.25) is 0 Å². The van der Waals surface area contributed by atoms with Crippen molar-refractivity contribution in [3.05, 3.63) is 35.4 Å². The van der Waals surface area contributed by atoms with Crippen LogP contribution in [0.15, 0.2) is 18.2 Å². The number of hydrogen-bond donors (Lipinski definition) is 0. The highest BCUT2D eigenvalue weighted by Gasteiger charge is 2.39. The highest BCUT2D eigenvalue weighted by Crippen LogP contribution is 2.36. The zero-order valence-corrected chi connectivity index (χ0v) is 12.4. The zero-order valence-electron chi connectivity index (χ0n) is 11.6. The van der Waals surface area contributed by atoms with Crippen molar-refractivity contribution < 1.29 is 17.2 Å². The second-order valence-corrected chi connectivity index (χ2v) is 7.08. The molecule has 1 fully saturated rings. The molecule has 0 spiro atoms. The second kappa shape index (κ2) is 6.08. The minimum absolute atomic E-state index is 0.194. The number of nitriles is 1. The van der Waals surface area contributed by atoms with E-state index >= 15 is 0 Å². The largest absolute Gasteiger partial charge is 0.231 e. The molecule has 0 bridgehead atoms. The molecule has 4 nitrogen and oxygen atoms in total. The van der Waals surface area contributed by atoms with Gasteiger partial charge in [-0.1, -0.05) is 13.0 Å². The van der Waals surface area contributed by atoms with Gasteiger partial charge < -0.3 is 0 Å². The first kappa shape index (κ1) is 15.9. The Morgan fingerprint density at radius 3 is 2.71 bits per heavy atom. The van der Waals surface area contributed by atoms with Gasteiger partial charge >= 0.3 is 0 Å². The van der Waals surface area contributed by atoms with Crippen LogP contribution in [0.3, 0.4) is 0 Å². The molecule has 21 heavy (non-hydrogen) atoms. The first-order valence-corrected chi connectivity index (χ1v) is 8.27. The van der Waals surface area contributed by atoms with E-state index in [0.29, 0.717) is 24.9 Å². The maximum Gasteiger partial charge on any atom is 0.231 e. The first-order chi connectivity index (χ1) is 9.91. The van der Waals surface area contributed by atoms with Crippen molar-refractivity contribution in [3.8, 4) is 6.07 Å². The van der Waals surface area contributed by atoms with Crippen LogP contribution in [0.25, 0.3) is 0 Å². The summed E-state index contributed by atoms with van der Waals surface area (Å²) in [6.07, 6.45) is 1.36. The molecule has 1 aliphatic heterocycles. The minimum atomic E-state index is -3.77. The molecule has 0 amide bonds. The Kier molecular flexibility index (Phi) is 4.59. The van der Waals surface area contributed by atoms with E-state index in [1.807, 2.05) is 0 Å². The number of benzene rings is 1. The van der Waals surface area contributed by atoms with Crippen LogP contribution in [-0.2, 0) is 10.0 Å². The molecular weight excluding hydrogens is 298 g/mol. The van der Waals surface area contributed by atoms with Gasteiger partial charge in [-0.05, 0) is 37.0 Å². The molecule has 0 aromatic heterocycles. The van der Waals surface area contributed by atoms with Crippen LogP contribution in [0.4, 0.5) is 8.78 Å². The Hall–Kier alpha value is -1.52. The topological polar surface area (TPSA) is 61.2 Å². The van der Waals surface area contributed by atoms with Gasteiger partial charge in [0.2, 0.25) is 10.0 Å². The van der Waals surface area contributed by atoms with E-state index in [9.17, 15) is 17.2 Å². The zero-order chi connectivity index (χ0) is 15.6. The molecule has 7 heteroatoms. The molecule has 0 saturated carbocycles. The average Bonchev–Trinajstić information content (AvgIpc) is 2.93. The third kappa shape index (κ3) is 2.92. The van der Waals surface area contributed by atoms with Crippen molar-refractivity contribution in [2.24, 2.45) is 0 Å². The Balaban J connectivity index is 2.37. The number of sulfonamides is 1. The van der Waals surface area contributed by atoms with E-state index in [1.54, 1.807) is 13.0 Å². The summed E-state index contributed by atoms with van der Waals surface area (Å²) in [4.78, 5) is 0. The summed E-state index contributed by atoms with van der Waals surface area (Å²) in [6, 6.07) is 4.68. The molecule has 2 rings (SSSR count). The predicted molar refractivity (Wildman–Crippen MR) is 73.7 cm³/mol. The lowest BCUT2D eigenvalue weighted by Gasteiger charge is -2.26. The summed E-state index contributed by atoms with van der Waals surface area (Å²) >= 11 is 0. The molecule has 0 unspecified atom stereocenters. The molecule has 0 N–H and O–H groups in total. The number of halogens is 2. The van der Waals surface area contributed by atoms with Crippen molar-refractivity contribution in [1.29, 1.82) is 5.26 Å². The van der Waals surface area contributed by atoms with Gasteiger partial charge in [0.1, 0.15) is 0 Å². The summed E-state index contributed by atoms with van der Waals surface area (Å²) in [5.74, 6) is -1.96. The molecule has 1 saturated heterocycles.